The van der Waals surface area contributed by atoms with Crippen molar-refractivity contribution >= 4 is 23.0 Å². The maximum Gasteiger partial charge on any atom is 0.419 e. The molecule has 10 heteroatoms. The van der Waals surface area contributed by atoms with Gasteiger partial charge in [-0.25, -0.2) is 4.39 Å². The van der Waals surface area contributed by atoms with Crippen LogP contribution in [0.3, 0.4) is 0 Å². The van der Waals surface area contributed by atoms with E-state index in [4.69, 9.17) is 0 Å². The Morgan fingerprint density at radius 1 is 1.15 bits per heavy atom. The fraction of sp³-hybridized carbons (Fsp3) is 0.188. The first-order chi connectivity index (χ1) is 12.0. The van der Waals surface area contributed by atoms with Gasteiger partial charge in [0, 0.05) is 37.6 Å². The molecule has 0 saturated carbocycles. The third-order valence-corrected chi connectivity index (χ3v) is 3.45. The first-order valence-corrected chi connectivity index (χ1v) is 7.14. The molecule has 0 radical (unpaired) electrons. The molecule has 0 aromatic heterocycles. The second-order valence-corrected chi connectivity index (χ2v) is 5.50. The van der Waals surface area contributed by atoms with E-state index < -0.39 is 28.4 Å². The molecule has 0 bridgehead atoms. The Balaban J connectivity index is 2.42. The highest BCUT2D eigenvalue weighted by atomic mass is 19.4. The van der Waals surface area contributed by atoms with E-state index in [1.54, 1.807) is 14.1 Å². The fourth-order valence-electron chi connectivity index (χ4n) is 2.23. The average molecular weight is 371 g/mol. The number of carbonyl (C=O) groups excluding carboxylic acids is 1. The highest BCUT2D eigenvalue weighted by Crippen LogP contribution is 2.33. The zero-order valence-electron chi connectivity index (χ0n) is 13.6. The number of nitro groups is 1. The highest BCUT2D eigenvalue weighted by Gasteiger charge is 2.34. The van der Waals surface area contributed by atoms with Crippen molar-refractivity contribution < 1.29 is 27.3 Å². The predicted octanol–water partition coefficient (Wildman–Crippen LogP) is 4.07. The monoisotopic (exact) mass is 371 g/mol. The minimum Gasteiger partial charge on any atom is -0.377 e. The Hall–Kier alpha value is -3.17. The van der Waals surface area contributed by atoms with Gasteiger partial charge in [0.15, 0.2) is 0 Å². The third-order valence-electron chi connectivity index (χ3n) is 3.45. The van der Waals surface area contributed by atoms with Gasteiger partial charge in [0.05, 0.1) is 16.1 Å². The van der Waals surface area contributed by atoms with E-state index >= 15 is 0 Å². The first kappa shape index (κ1) is 19.2. The molecule has 6 nitrogen and oxygen atoms in total. The van der Waals surface area contributed by atoms with Gasteiger partial charge in [0.25, 0.3) is 11.6 Å². The quantitative estimate of drug-likeness (QED) is 0.499. The van der Waals surface area contributed by atoms with Crippen LogP contribution in [-0.4, -0.2) is 24.9 Å². The molecule has 0 spiro atoms. The summed E-state index contributed by atoms with van der Waals surface area (Å²) >= 11 is 0. The van der Waals surface area contributed by atoms with Crippen LogP contribution in [0.15, 0.2) is 36.4 Å². The van der Waals surface area contributed by atoms with Gasteiger partial charge in [-0.15, -0.1) is 0 Å². The first-order valence-electron chi connectivity index (χ1n) is 7.14. The molecule has 1 N–H and O–H groups in total. The fourth-order valence-corrected chi connectivity index (χ4v) is 2.23. The summed E-state index contributed by atoms with van der Waals surface area (Å²) in [6.45, 7) is 0. The van der Waals surface area contributed by atoms with Crippen LogP contribution < -0.4 is 10.2 Å². The maximum absolute atomic E-state index is 13.3. The Morgan fingerprint density at radius 3 is 2.35 bits per heavy atom. The van der Waals surface area contributed by atoms with E-state index in [9.17, 15) is 32.5 Å². The van der Waals surface area contributed by atoms with E-state index in [0.717, 1.165) is 12.1 Å². The number of benzene rings is 2. The Kier molecular flexibility index (Phi) is 5.15. The molecular formula is C16H13F4N3O3. The summed E-state index contributed by atoms with van der Waals surface area (Å²) in [5.74, 6) is -2.34. The summed E-state index contributed by atoms with van der Waals surface area (Å²) in [6.07, 6.45) is -4.93. The lowest BCUT2D eigenvalue weighted by molar-refractivity contribution is -0.384. The zero-order valence-corrected chi connectivity index (χ0v) is 13.6. The highest BCUT2D eigenvalue weighted by molar-refractivity contribution is 6.08. The van der Waals surface area contributed by atoms with Crippen LogP contribution in [0.4, 0.5) is 34.6 Å². The van der Waals surface area contributed by atoms with Gasteiger partial charge in [-0.1, -0.05) is 0 Å². The van der Waals surface area contributed by atoms with Crippen molar-refractivity contribution in [3.63, 3.8) is 0 Å². The van der Waals surface area contributed by atoms with Crippen LogP contribution in [0.5, 0.6) is 0 Å². The molecular weight excluding hydrogens is 358 g/mol. The second kappa shape index (κ2) is 6.98. The number of carbonyl (C=O) groups is 1. The summed E-state index contributed by atoms with van der Waals surface area (Å²) in [5.41, 5.74) is -1.95. The maximum atomic E-state index is 13.3. The molecule has 138 valence electrons. The van der Waals surface area contributed by atoms with Crippen LogP contribution in [0, 0.1) is 15.9 Å². The number of nitrogens with zero attached hydrogens (tertiary/aromatic N) is 2. The van der Waals surface area contributed by atoms with E-state index in [0.29, 0.717) is 17.8 Å². The SMILES string of the molecule is CN(C)c1ccc([N+](=O)[O-])cc1C(=O)Nc1ccc(F)c(C(F)(F)F)c1. The molecule has 0 aliphatic heterocycles. The van der Waals surface area contributed by atoms with Crippen LogP contribution in [0.2, 0.25) is 0 Å². The molecule has 0 atom stereocenters. The Labute approximate surface area is 145 Å². The van der Waals surface area contributed by atoms with Crippen molar-refractivity contribution in [1.29, 1.82) is 0 Å². The van der Waals surface area contributed by atoms with Crippen LogP contribution >= 0.6 is 0 Å². The number of hydrogen-bond acceptors (Lipinski definition) is 4. The van der Waals surface area contributed by atoms with Gasteiger partial charge in [-0.2, -0.15) is 13.2 Å². The van der Waals surface area contributed by atoms with Crippen LogP contribution in [0.1, 0.15) is 15.9 Å². The number of nitrogens with one attached hydrogen (secondary N) is 1. The Bertz CT molecular complexity index is 866. The summed E-state index contributed by atoms with van der Waals surface area (Å²) in [5, 5.41) is 13.1. The van der Waals surface area contributed by atoms with E-state index in [1.807, 2.05) is 0 Å². The molecule has 2 aromatic rings. The Morgan fingerprint density at radius 2 is 1.81 bits per heavy atom. The van der Waals surface area contributed by atoms with Crippen molar-refractivity contribution in [3.05, 3.63) is 63.5 Å². The van der Waals surface area contributed by atoms with Crippen molar-refractivity contribution in [3.8, 4) is 0 Å². The number of nitro benzene ring substituents is 1. The summed E-state index contributed by atoms with van der Waals surface area (Å²) in [7, 11) is 3.19. The normalized spacial score (nSPS) is 11.2. The minimum absolute atomic E-state index is 0.109. The summed E-state index contributed by atoms with van der Waals surface area (Å²) in [6, 6.07) is 5.57. The molecule has 0 heterocycles. The van der Waals surface area contributed by atoms with Crippen LogP contribution in [0.25, 0.3) is 0 Å². The molecule has 0 unspecified atom stereocenters. The predicted molar refractivity (Wildman–Crippen MR) is 86.8 cm³/mol. The summed E-state index contributed by atoms with van der Waals surface area (Å²) in [4.78, 5) is 24.1. The number of rotatable bonds is 4. The van der Waals surface area contributed by atoms with Gasteiger partial charge < -0.3 is 10.2 Å². The lowest BCUT2D eigenvalue weighted by Crippen LogP contribution is -2.19. The molecule has 0 saturated heterocycles. The van der Waals surface area contributed by atoms with Crippen molar-refractivity contribution in [2.24, 2.45) is 0 Å². The number of non-ortho nitro benzene ring substituents is 1. The number of amides is 1. The molecule has 2 aromatic carbocycles. The molecule has 26 heavy (non-hydrogen) atoms. The number of anilines is 2. The van der Waals surface area contributed by atoms with Gasteiger partial charge in [0.1, 0.15) is 5.82 Å². The van der Waals surface area contributed by atoms with Crippen molar-refractivity contribution in [2.45, 2.75) is 6.18 Å². The average Bonchev–Trinajstić information content (AvgIpc) is 2.54. The molecule has 1 amide bonds. The van der Waals surface area contributed by atoms with Gasteiger partial charge in [-0.3, -0.25) is 14.9 Å². The largest absolute Gasteiger partial charge is 0.419 e. The zero-order chi connectivity index (χ0) is 19.6. The topological polar surface area (TPSA) is 75.5 Å². The van der Waals surface area contributed by atoms with Crippen LogP contribution in [-0.2, 0) is 6.18 Å². The third kappa shape index (κ3) is 4.08. The lowest BCUT2D eigenvalue weighted by Gasteiger charge is -2.17. The number of alkyl halides is 3. The lowest BCUT2D eigenvalue weighted by atomic mass is 10.1. The molecule has 0 aliphatic carbocycles. The van der Waals surface area contributed by atoms with E-state index in [-0.39, 0.29) is 16.9 Å². The van der Waals surface area contributed by atoms with E-state index in [1.165, 1.54) is 17.0 Å². The number of hydrogen-bond donors (Lipinski definition) is 1. The van der Waals surface area contributed by atoms with E-state index in [2.05, 4.69) is 5.32 Å². The summed E-state index contributed by atoms with van der Waals surface area (Å²) < 4.78 is 51.6. The molecule has 2 rings (SSSR count). The standard InChI is InChI=1S/C16H13F4N3O3/c1-22(2)14-6-4-10(23(25)26)8-11(14)15(24)21-9-3-5-13(17)12(7-9)16(18,19)20/h3-8H,1-2H3,(H,21,24). The van der Waals surface area contributed by atoms with Gasteiger partial charge in [-0.05, 0) is 24.3 Å². The number of halogens is 4. The van der Waals surface area contributed by atoms with Crippen molar-refractivity contribution in [1.82, 2.24) is 0 Å². The van der Waals surface area contributed by atoms with Gasteiger partial charge in [0.2, 0.25) is 0 Å². The molecule has 0 fully saturated rings. The smallest absolute Gasteiger partial charge is 0.377 e. The van der Waals surface area contributed by atoms with Crippen molar-refractivity contribution in [2.75, 3.05) is 24.3 Å². The minimum atomic E-state index is -4.93. The second-order valence-electron chi connectivity index (χ2n) is 5.50. The van der Waals surface area contributed by atoms with Gasteiger partial charge >= 0.3 is 6.18 Å². The molecule has 0 aliphatic rings.